The van der Waals surface area contributed by atoms with Crippen LogP contribution in [0.2, 0.25) is 0 Å². The molecule has 2 aromatic carbocycles. The van der Waals surface area contributed by atoms with Gasteiger partial charge < -0.3 is 0 Å². The molecule has 0 unspecified atom stereocenters. The fourth-order valence-electron chi connectivity index (χ4n) is 2.14. The normalized spacial score (nSPS) is 11.1. The van der Waals surface area contributed by atoms with Crippen LogP contribution < -0.4 is 0 Å². The number of nitrogens with zero attached hydrogens (tertiary/aromatic N) is 1. The fraction of sp³-hybridized carbons (Fsp3) is 0.0556. The molecule has 0 aliphatic heterocycles. The van der Waals surface area contributed by atoms with Crippen LogP contribution in [0.15, 0.2) is 72.9 Å². The standard InChI is InChI=1S/C18H15I2NO2/c1-14(22)23-20(16-6-3-2-4-7-16)18-8-5-13-21(18)17-11-9-15(19)10-12-17/h2-13H,1H3. The predicted octanol–water partition coefficient (Wildman–Crippen LogP) is 5.11. The molecule has 0 radical (unpaired) electrons. The summed E-state index contributed by atoms with van der Waals surface area (Å²) in [5.41, 5.74) is 1.08. The van der Waals surface area contributed by atoms with Gasteiger partial charge in [0.05, 0.1) is 0 Å². The summed E-state index contributed by atoms with van der Waals surface area (Å²) in [7, 11) is 0. The van der Waals surface area contributed by atoms with Gasteiger partial charge in [0.1, 0.15) is 0 Å². The Bertz CT molecular complexity index is 797. The Hall–Kier alpha value is -1.35. The van der Waals surface area contributed by atoms with Gasteiger partial charge in [-0.15, -0.1) is 0 Å². The number of benzene rings is 2. The first-order valence-electron chi connectivity index (χ1n) is 7.02. The molecule has 3 rings (SSSR count). The van der Waals surface area contributed by atoms with E-state index in [-0.39, 0.29) is 5.97 Å². The van der Waals surface area contributed by atoms with Crippen LogP contribution >= 0.6 is 42.8 Å². The molecule has 23 heavy (non-hydrogen) atoms. The van der Waals surface area contributed by atoms with Crippen molar-refractivity contribution in [2.45, 2.75) is 6.92 Å². The topological polar surface area (TPSA) is 31.2 Å². The monoisotopic (exact) mass is 531 g/mol. The molecule has 0 atom stereocenters. The molecule has 0 amide bonds. The van der Waals surface area contributed by atoms with E-state index in [1.165, 1.54) is 10.5 Å². The predicted molar refractivity (Wildman–Crippen MR) is 108 cm³/mol. The summed E-state index contributed by atoms with van der Waals surface area (Å²) in [6.07, 6.45) is 2.02. The number of rotatable bonds is 4. The molecule has 0 N–H and O–H groups in total. The molecule has 1 aromatic heterocycles. The molecular formula is C18H15I2NO2. The maximum atomic E-state index is 11.6. The Morgan fingerprint density at radius 1 is 1.00 bits per heavy atom. The number of carbonyl (C=O) groups excluding carboxylic acids is 1. The molecule has 0 aliphatic carbocycles. The van der Waals surface area contributed by atoms with E-state index < -0.39 is 20.2 Å². The molecular weight excluding hydrogens is 516 g/mol. The van der Waals surface area contributed by atoms with E-state index in [0.29, 0.717) is 0 Å². The number of aromatic nitrogens is 1. The van der Waals surface area contributed by atoms with Crippen molar-refractivity contribution in [1.29, 1.82) is 0 Å². The SMILES string of the molecule is CC(=O)OI(c1ccccc1)c1cccn1-c1ccc(I)cc1. The van der Waals surface area contributed by atoms with Crippen molar-refractivity contribution in [3.05, 3.63) is 83.8 Å². The molecule has 3 aromatic rings. The minimum absolute atomic E-state index is 0.227. The van der Waals surface area contributed by atoms with Crippen LogP contribution in [0.5, 0.6) is 0 Å². The third-order valence-corrected chi connectivity index (χ3v) is 8.61. The van der Waals surface area contributed by atoms with Gasteiger partial charge in [-0.25, -0.2) is 0 Å². The summed E-state index contributed by atoms with van der Waals surface area (Å²) >= 11 is 0.0136. The van der Waals surface area contributed by atoms with Gasteiger partial charge in [0.2, 0.25) is 0 Å². The average molecular weight is 531 g/mol. The van der Waals surface area contributed by atoms with Crippen LogP contribution in [-0.2, 0) is 7.86 Å². The van der Waals surface area contributed by atoms with Crippen molar-refractivity contribution in [2.24, 2.45) is 0 Å². The zero-order chi connectivity index (χ0) is 16.2. The molecule has 0 spiro atoms. The van der Waals surface area contributed by atoms with Crippen LogP contribution in [0.3, 0.4) is 0 Å². The molecule has 0 fully saturated rings. The number of hydrogen-bond acceptors (Lipinski definition) is 2. The molecule has 118 valence electrons. The van der Waals surface area contributed by atoms with Crippen molar-refractivity contribution in [1.82, 2.24) is 4.57 Å². The van der Waals surface area contributed by atoms with Gasteiger partial charge in [0, 0.05) is 0 Å². The molecule has 3 nitrogen and oxygen atoms in total. The molecule has 0 saturated heterocycles. The van der Waals surface area contributed by atoms with Crippen LogP contribution in [0, 0.1) is 10.8 Å². The third-order valence-electron chi connectivity index (χ3n) is 3.10. The maximum absolute atomic E-state index is 11.6. The van der Waals surface area contributed by atoms with Crippen molar-refractivity contribution in [3.8, 4) is 5.69 Å². The van der Waals surface area contributed by atoms with Crippen LogP contribution in [0.1, 0.15) is 6.92 Å². The number of hydrogen-bond donors (Lipinski definition) is 0. The Kier molecular flexibility index (Phi) is 5.37. The van der Waals surface area contributed by atoms with Crippen molar-refractivity contribution < 1.29 is 7.86 Å². The van der Waals surface area contributed by atoms with Gasteiger partial charge >= 0.3 is 158 Å². The summed E-state index contributed by atoms with van der Waals surface area (Å²) in [6.45, 7) is 1.48. The zero-order valence-corrected chi connectivity index (χ0v) is 16.8. The van der Waals surface area contributed by atoms with E-state index >= 15 is 0 Å². The molecule has 0 bridgehead atoms. The second-order valence-corrected chi connectivity index (χ2v) is 10.2. The molecule has 0 saturated carbocycles. The van der Waals surface area contributed by atoms with E-state index in [9.17, 15) is 4.79 Å². The van der Waals surface area contributed by atoms with Crippen molar-refractivity contribution in [2.75, 3.05) is 0 Å². The third kappa shape index (κ3) is 3.95. The number of carbonyl (C=O) groups is 1. The first-order valence-corrected chi connectivity index (χ1v) is 11.1. The quantitative estimate of drug-likeness (QED) is 0.439. The van der Waals surface area contributed by atoms with Gasteiger partial charge in [-0.3, -0.25) is 0 Å². The number of halogens is 2. The molecule has 0 aliphatic rings. The average Bonchev–Trinajstić information content (AvgIpc) is 3.03. The summed E-state index contributed by atoms with van der Waals surface area (Å²) in [5.74, 6) is -0.227. The first kappa shape index (κ1) is 16.5. The fourth-order valence-corrected chi connectivity index (χ4v) is 6.76. The van der Waals surface area contributed by atoms with Gasteiger partial charge in [0.15, 0.2) is 0 Å². The van der Waals surface area contributed by atoms with Crippen molar-refractivity contribution in [3.63, 3.8) is 0 Å². The second kappa shape index (κ2) is 7.48. The second-order valence-electron chi connectivity index (χ2n) is 4.79. The molecule has 5 heteroatoms. The van der Waals surface area contributed by atoms with Crippen LogP contribution in [0.25, 0.3) is 5.69 Å². The summed E-state index contributed by atoms with van der Waals surface area (Å²) in [5, 5.41) is 0. The van der Waals surface area contributed by atoms with Gasteiger partial charge in [-0.1, -0.05) is 0 Å². The Balaban J connectivity index is 2.06. The van der Waals surface area contributed by atoms with Crippen LogP contribution in [0.4, 0.5) is 0 Å². The Morgan fingerprint density at radius 3 is 2.35 bits per heavy atom. The van der Waals surface area contributed by atoms with Gasteiger partial charge in [0.25, 0.3) is 0 Å². The van der Waals surface area contributed by atoms with Gasteiger partial charge in [-0.05, 0) is 0 Å². The Morgan fingerprint density at radius 2 is 1.70 bits per heavy atom. The zero-order valence-electron chi connectivity index (χ0n) is 12.4. The first-order chi connectivity index (χ1) is 11.1. The van der Waals surface area contributed by atoms with E-state index in [2.05, 4.69) is 57.5 Å². The van der Waals surface area contributed by atoms with Gasteiger partial charge in [-0.2, -0.15) is 0 Å². The van der Waals surface area contributed by atoms with E-state index in [0.717, 1.165) is 13.0 Å². The Labute approximate surface area is 156 Å². The molecule has 1 heterocycles. The van der Waals surface area contributed by atoms with Crippen molar-refractivity contribution >= 4 is 48.8 Å². The van der Waals surface area contributed by atoms with E-state index in [1.807, 2.05) is 42.6 Å². The minimum atomic E-state index is -2.28. The summed E-state index contributed by atoms with van der Waals surface area (Å²) in [6, 6.07) is 22.4. The summed E-state index contributed by atoms with van der Waals surface area (Å²) < 4.78 is 11.3. The van der Waals surface area contributed by atoms with Crippen LogP contribution in [-0.4, -0.2) is 10.5 Å². The van der Waals surface area contributed by atoms with E-state index in [4.69, 9.17) is 3.07 Å². The summed E-state index contributed by atoms with van der Waals surface area (Å²) in [4.78, 5) is 11.6. The van der Waals surface area contributed by atoms with E-state index in [1.54, 1.807) is 0 Å².